The van der Waals surface area contributed by atoms with E-state index in [0.29, 0.717) is 17.5 Å². The van der Waals surface area contributed by atoms with Crippen LogP contribution in [0.15, 0.2) is 10.6 Å². The van der Waals surface area contributed by atoms with Gasteiger partial charge in [-0.05, 0) is 25.9 Å². The molecular weight excluding hydrogens is 194 g/mol. The number of hydrogen-bond acceptors (Lipinski definition) is 4. The van der Waals surface area contributed by atoms with Gasteiger partial charge >= 0.3 is 0 Å². The topological polar surface area (TPSA) is 67.2 Å². The molecule has 0 saturated carbocycles. The third kappa shape index (κ3) is 2.18. The third-order valence-corrected chi connectivity index (χ3v) is 2.81. The number of rotatable bonds is 3. The monoisotopic (exact) mass is 209 g/mol. The van der Waals surface area contributed by atoms with Crippen molar-refractivity contribution in [1.29, 1.82) is 0 Å². The summed E-state index contributed by atoms with van der Waals surface area (Å²) in [6.07, 6.45) is 0. The Hall–Kier alpha value is -1.36. The van der Waals surface area contributed by atoms with Crippen molar-refractivity contribution in [3.8, 4) is 0 Å². The van der Waals surface area contributed by atoms with Crippen molar-refractivity contribution in [3.05, 3.63) is 11.8 Å². The summed E-state index contributed by atoms with van der Waals surface area (Å²) in [6, 6.07) is 1.71. The van der Waals surface area contributed by atoms with E-state index in [9.17, 15) is 4.79 Å². The first-order valence-electron chi connectivity index (χ1n) is 5.11. The van der Waals surface area contributed by atoms with Crippen molar-refractivity contribution >= 4 is 11.7 Å². The Morgan fingerprint density at radius 1 is 1.73 bits per heavy atom. The number of hydrogen-bond donors (Lipinski definition) is 2. The molecule has 0 radical (unpaired) electrons. The van der Waals surface area contributed by atoms with Gasteiger partial charge < -0.3 is 15.2 Å². The van der Waals surface area contributed by atoms with Crippen LogP contribution in [0, 0.1) is 18.8 Å². The first-order valence-corrected chi connectivity index (χ1v) is 5.11. The number of aromatic nitrogens is 1. The van der Waals surface area contributed by atoms with Crippen molar-refractivity contribution in [3.63, 3.8) is 0 Å². The minimum Gasteiger partial charge on any atom is -0.360 e. The maximum atomic E-state index is 11.7. The predicted octanol–water partition coefficient (Wildman–Crippen LogP) is 0.777. The fourth-order valence-corrected chi connectivity index (χ4v) is 1.54. The van der Waals surface area contributed by atoms with Crippen LogP contribution in [-0.2, 0) is 4.79 Å². The standard InChI is InChI=1S/C10H15N3O2/c1-6-3-9(13-15-6)12-10(14)7(2)8-4-11-5-8/h3,7-8,11H,4-5H2,1-2H3,(H,12,13,14). The van der Waals surface area contributed by atoms with Crippen LogP contribution in [-0.4, -0.2) is 24.2 Å². The Morgan fingerprint density at radius 3 is 2.93 bits per heavy atom. The minimum atomic E-state index is 0.00907. The van der Waals surface area contributed by atoms with Crippen molar-refractivity contribution in [1.82, 2.24) is 10.5 Å². The second-order valence-corrected chi connectivity index (χ2v) is 4.02. The molecule has 2 N–H and O–H groups in total. The summed E-state index contributed by atoms with van der Waals surface area (Å²) < 4.78 is 4.87. The number of amides is 1. The second-order valence-electron chi connectivity index (χ2n) is 4.02. The lowest BCUT2D eigenvalue weighted by molar-refractivity contribution is -0.121. The first-order chi connectivity index (χ1) is 7.16. The Kier molecular flexibility index (Phi) is 2.73. The van der Waals surface area contributed by atoms with Gasteiger partial charge in [-0.15, -0.1) is 0 Å². The third-order valence-electron chi connectivity index (χ3n) is 2.81. The average molecular weight is 209 g/mol. The molecule has 1 amide bonds. The Morgan fingerprint density at radius 2 is 2.47 bits per heavy atom. The number of carbonyl (C=O) groups excluding carboxylic acids is 1. The van der Waals surface area contributed by atoms with Crippen molar-refractivity contribution in [2.45, 2.75) is 13.8 Å². The van der Waals surface area contributed by atoms with Gasteiger partial charge in [0, 0.05) is 12.0 Å². The summed E-state index contributed by atoms with van der Waals surface area (Å²) in [6.45, 7) is 5.58. The summed E-state index contributed by atoms with van der Waals surface area (Å²) >= 11 is 0. The molecule has 2 rings (SSSR count). The van der Waals surface area contributed by atoms with E-state index in [1.165, 1.54) is 0 Å². The van der Waals surface area contributed by atoms with Gasteiger partial charge in [0.05, 0.1) is 0 Å². The molecule has 5 heteroatoms. The van der Waals surface area contributed by atoms with Crippen molar-refractivity contribution in [2.75, 3.05) is 18.4 Å². The van der Waals surface area contributed by atoms with Crippen LogP contribution in [0.2, 0.25) is 0 Å². The van der Waals surface area contributed by atoms with Gasteiger partial charge in [0.1, 0.15) is 5.76 Å². The average Bonchev–Trinajstić information content (AvgIpc) is 2.48. The molecule has 1 aromatic rings. The largest absolute Gasteiger partial charge is 0.360 e. The van der Waals surface area contributed by atoms with Gasteiger partial charge in [-0.3, -0.25) is 4.79 Å². The van der Waals surface area contributed by atoms with Gasteiger partial charge in [-0.25, -0.2) is 0 Å². The molecule has 5 nitrogen and oxygen atoms in total. The molecule has 82 valence electrons. The lowest BCUT2D eigenvalue weighted by atomic mass is 9.88. The zero-order valence-corrected chi connectivity index (χ0v) is 8.91. The van der Waals surface area contributed by atoms with E-state index >= 15 is 0 Å². The van der Waals surface area contributed by atoms with Crippen LogP contribution in [0.4, 0.5) is 5.82 Å². The number of carbonyl (C=O) groups is 1. The second kappa shape index (κ2) is 4.02. The number of nitrogens with zero attached hydrogens (tertiary/aromatic N) is 1. The Balaban J connectivity index is 1.91. The van der Waals surface area contributed by atoms with Crippen LogP contribution in [0.3, 0.4) is 0 Å². The van der Waals surface area contributed by atoms with Crippen LogP contribution in [0.1, 0.15) is 12.7 Å². The van der Waals surface area contributed by atoms with Gasteiger partial charge in [-0.1, -0.05) is 12.1 Å². The molecule has 1 fully saturated rings. The van der Waals surface area contributed by atoms with E-state index in [4.69, 9.17) is 4.52 Å². The molecule has 1 atom stereocenters. The van der Waals surface area contributed by atoms with E-state index in [2.05, 4.69) is 15.8 Å². The van der Waals surface area contributed by atoms with E-state index < -0.39 is 0 Å². The van der Waals surface area contributed by atoms with Crippen LogP contribution in [0.5, 0.6) is 0 Å². The molecule has 15 heavy (non-hydrogen) atoms. The van der Waals surface area contributed by atoms with E-state index in [1.807, 2.05) is 6.92 Å². The number of nitrogens with one attached hydrogen (secondary N) is 2. The molecule has 0 spiro atoms. The molecule has 1 unspecified atom stereocenters. The molecule has 0 aromatic carbocycles. The van der Waals surface area contributed by atoms with Crippen LogP contribution < -0.4 is 10.6 Å². The van der Waals surface area contributed by atoms with Gasteiger partial charge in [0.15, 0.2) is 5.82 Å². The van der Waals surface area contributed by atoms with Gasteiger partial charge in [-0.2, -0.15) is 0 Å². The Bertz CT molecular complexity index is 357. The highest BCUT2D eigenvalue weighted by molar-refractivity contribution is 5.91. The summed E-state index contributed by atoms with van der Waals surface area (Å²) in [4.78, 5) is 11.7. The predicted molar refractivity (Wildman–Crippen MR) is 55.4 cm³/mol. The molecule has 0 aliphatic carbocycles. The highest BCUT2D eigenvalue weighted by Crippen LogP contribution is 2.18. The van der Waals surface area contributed by atoms with Gasteiger partial charge in [0.25, 0.3) is 0 Å². The summed E-state index contributed by atoms with van der Waals surface area (Å²) in [5, 5.41) is 9.61. The smallest absolute Gasteiger partial charge is 0.228 e. The summed E-state index contributed by atoms with van der Waals surface area (Å²) in [5.41, 5.74) is 0. The SMILES string of the molecule is Cc1cc(NC(=O)C(C)C2CNC2)no1. The number of aryl methyl sites for hydroxylation is 1. The fraction of sp³-hybridized carbons (Fsp3) is 0.600. The molecule has 1 aliphatic heterocycles. The highest BCUT2D eigenvalue weighted by atomic mass is 16.5. The van der Waals surface area contributed by atoms with Crippen LogP contribution >= 0.6 is 0 Å². The normalized spacial score (nSPS) is 18.3. The van der Waals surface area contributed by atoms with Gasteiger partial charge in [0.2, 0.25) is 5.91 Å². The maximum absolute atomic E-state index is 11.7. The quantitative estimate of drug-likeness (QED) is 0.772. The van der Waals surface area contributed by atoms with Crippen molar-refractivity contribution < 1.29 is 9.32 Å². The summed E-state index contributed by atoms with van der Waals surface area (Å²) in [7, 11) is 0. The van der Waals surface area contributed by atoms with E-state index in [-0.39, 0.29) is 11.8 Å². The molecule has 1 aromatic heterocycles. The lowest BCUT2D eigenvalue weighted by Crippen LogP contribution is -2.48. The maximum Gasteiger partial charge on any atom is 0.228 e. The molecule has 1 saturated heterocycles. The Labute approximate surface area is 88.2 Å². The molecular formula is C10H15N3O2. The zero-order valence-electron chi connectivity index (χ0n) is 8.91. The van der Waals surface area contributed by atoms with E-state index in [1.54, 1.807) is 13.0 Å². The van der Waals surface area contributed by atoms with E-state index in [0.717, 1.165) is 13.1 Å². The molecule has 1 aliphatic rings. The number of anilines is 1. The minimum absolute atomic E-state index is 0.00907. The molecule has 0 bridgehead atoms. The highest BCUT2D eigenvalue weighted by Gasteiger charge is 2.28. The fourth-order valence-electron chi connectivity index (χ4n) is 1.54. The molecule has 2 heterocycles. The first kappa shape index (κ1) is 10.2. The summed E-state index contributed by atoms with van der Waals surface area (Å²) in [5.74, 6) is 1.66. The van der Waals surface area contributed by atoms with Crippen LogP contribution in [0.25, 0.3) is 0 Å². The lowest BCUT2D eigenvalue weighted by Gasteiger charge is -2.31. The zero-order chi connectivity index (χ0) is 10.8. The van der Waals surface area contributed by atoms with Crippen molar-refractivity contribution in [2.24, 2.45) is 11.8 Å².